The van der Waals surface area contributed by atoms with Crippen LogP contribution in [0, 0.1) is 5.92 Å². The van der Waals surface area contributed by atoms with Crippen molar-refractivity contribution in [3.05, 3.63) is 34.2 Å². The molecule has 2 aliphatic rings. The molecule has 4 unspecified atom stereocenters. The van der Waals surface area contributed by atoms with Crippen LogP contribution in [0.15, 0.2) is 23.1 Å². The highest BCUT2D eigenvalue weighted by atomic mass is 16.5. The van der Waals surface area contributed by atoms with E-state index in [4.69, 9.17) is 10.5 Å². The molecule has 1 aliphatic heterocycles. The number of nitrogens with two attached hydrogens (primary N) is 1. The van der Waals surface area contributed by atoms with E-state index in [1.165, 1.54) is 10.6 Å². The average Bonchev–Trinajstić information content (AvgIpc) is 2.47. The highest BCUT2D eigenvalue weighted by molar-refractivity contribution is 5.94. The van der Waals surface area contributed by atoms with Gasteiger partial charge in [-0.1, -0.05) is 0 Å². The molecule has 1 amide bonds. The van der Waals surface area contributed by atoms with Crippen molar-refractivity contribution in [1.82, 2.24) is 9.88 Å². The van der Waals surface area contributed by atoms with E-state index < -0.39 is 0 Å². The number of carbonyl (C=O) groups excluding carboxylic acids is 1. The Morgan fingerprint density at radius 3 is 3.10 bits per heavy atom. The molecule has 1 saturated heterocycles. The molecule has 2 fully saturated rings. The fourth-order valence-corrected chi connectivity index (χ4v) is 3.05. The monoisotopic (exact) mass is 277 g/mol. The van der Waals surface area contributed by atoms with E-state index in [2.05, 4.69) is 5.32 Å². The molecule has 2 heterocycles. The molecule has 0 spiro atoms. The molecule has 3 N–H and O–H groups in total. The number of carbonyl (C=O) groups is 1. The Labute approximate surface area is 116 Å². The van der Waals surface area contributed by atoms with Crippen LogP contribution >= 0.6 is 0 Å². The van der Waals surface area contributed by atoms with Crippen molar-refractivity contribution in [3.63, 3.8) is 0 Å². The summed E-state index contributed by atoms with van der Waals surface area (Å²) in [4.78, 5) is 23.7. The Balaban J connectivity index is 1.70. The van der Waals surface area contributed by atoms with Crippen molar-refractivity contribution in [1.29, 1.82) is 0 Å². The van der Waals surface area contributed by atoms with E-state index in [1.807, 2.05) is 0 Å². The first-order chi connectivity index (χ1) is 9.58. The van der Waals surface area contributed by atoms with Gasteiger partial charge in [0.2, 0.25) is 0 Å². The molecule has 6 heteroatoms. The van der Waals surface area contributed by atoms with Crippen molar-refractivity contribution >= 4 is 5.91 Å². The number of nitrogens with zero attached hydrogens (tertiary/aromatic N) is 1. The summed E-state index contributed by atoms with van der Waals surface area (Å²) in [6, 6.07) is 2.74. The van der Waals surface area contributed by atoms with Gasteiger partial charge in [0, 0.05) is 43.4 Å². The summed E-state index contributed by atoms with van der Waals surface area (Å²) in [5, 5.41) is 2.89. The maximum atomic E-state index is 12.2. The molecular weight excluding hydrogens is 258 g/mol. The van der Waals surface area contributed by atoms with Crippen molar-refractivity contribution in [2.45, 2.75) is 31.0 Å². The number of rotatable bonds is 2. The SMILES string of the molecule is Cn1ccc(C(=O)NC2C(N)C3CCCOC32)cc1=O. The molecule has 0 aromatic carbocycles. The van der Waals surface area contributed by atoms with Crippen LogP contribution in [0.1, 0.15) is 23.2 Å². The van der Waals surface area contributed by atoms with Crippen molar-refractivity contribution in [2.75, 3.05) is 6.61 Å². The Bertz CT molecular complexity index is 583. The van der Waals surface area contributed by atoms with E-state index in [0.717, 1.165) is 19.4 Å². The minimum Gasteiger partial charge on any atom is -0.376 e. The summed E-state index contributed by atoms with van der Waals surface area (Å²) in [5.74, 6) is 0.0773. The van der Waals surface area contributed by atoms with Gasteiger partial charge in [-0.25, -0.2) is 0 Å². The number of aryl methyl sites for hydroxylation is 1. The van der Waals surface area contributed by atoms with Crippen molar-refractivity contribution in [2.24, 2.45) is 18.7 Å². The second-order valence-corrected chi connectivity index (χ2v) is 5.58. The highest BCUT2D eigenvalue weighted by Crippen LogP contribution is 2.37. The number of aromatic nitrogens is 1. The van der Waals surface area contributed by atoms with Crippen LogP contribution < -0.4 is 16.6 Å². The molecule has 1 aromatic rings. The van der Waals surface area contributed by atoms with E-state index in [1.54, 1.807) is 19.3 Å². The summed E-state index contributed by atoms with van der Waals surface area (Å²) in [6.45, 7) is 0.728. The number of hydrogen-bond donors (Lipinski definition) is 2. The third-order valence-electron chi connectivity index (χ3n) is 4.34. The zero-order valence-corrected chi connectivity index (χ0v) is 11.4. The van der Waals surface area contributed by atoms with Crippen LogP contribution in [-0.4, -0.2) is 35.3 Å². The fraction of sp³-hybridized carbons (Fsp3) is 0.571. The molecule has 6 nitrogen and oxygen atoms in total. The lowest BCUT2D eigenvalue weighted by atomic mass is 9.68. The molecule has 0 bridgehead atoms. The number of nitrogens with one attached hydrogen (secondary N) is 1. The quantitative estimate of drug-likeness (QED) is 0.771. The normalized spacial score (nSPS) is 32.1. The standard InChI is InChI=1S/C14H19N3O3/c1-17-5-4-8(7-10(17)18)14(19)16-12-11(15)9-3-2-6-20-13(9)12/h4-5,7,9,11-13H,2-3,6,15H2,1H3,(H,16,19). The van der Waals surface area contributed by atoms with Gasteiger partial charge in [0.05, 0.1) is 12.1 Å². The minimum atomic E-state index is -0.268. The number of pyridine rings is 1. The first kappa shape index (κ1) is 13.3. The summed E-state index contributed by atoms with van der Waals surface area (Å²) in [5.41, 5.74) is 6.25. The third kappa shape index (κ3) is 2.14. The fourth-order valence-electron chi connectivity index (χ4n) is 3.05. The predicted octanol–water partition coefficient (Wildman–Crippen LogP) is -0.380. The third-order valence-corrected chi connectivity index (χ3v) is 4.34. The lowest BCUT2D eigenvalue weighted by molar-refractivity contribution is -0.117. The van der Waals surface area contributed by atoms with Crippen LogP contribution in [0.3, 0.4) is 0 Å². The zero-order chi connectivity index (χ0) is 14.3. The van der Waals surface area contributed by atoms with Gasteiger partial charge in [-0.05, 0) is 18.9 Å². The number of amides is 1. The van der Waals surface area contributed by atoms with E-state index >= 15 is 0 Å². The van der Waals surface area contributed by atoms with Crippen LogP contribution in [-0.2, 0) is 11.8 Å². The average molecular weight is 277 g/mol. The molecule has 1 aromatic heterocycles. The predicted molar refractivity (Wildman–Crippen MR) is 73.4 cm³/mol. The van der Waals surface area contributed by atoms with Gasteiger partial charge >= 0.3 is 0 Å². The highest BCUT2D eigenvalue weighted by Gasteiger charge is 2.51. The van der Waals surface area contributed by atoms with Crippen LogP contribution in [0.5, 0.6) is 0 Å². The van der Waals surface area contributed by atoms with Gasteiger partial charge < -0.3 is 20.4 Å². The van der Waals surface area contributed by atoms with E-state index in [-0.39, 0.29) is 29.7 Å². The van der Waals surface area contributed by atoms with Gasteiger partial charge in [-0.2, -0.15) is 0 Å². The Morgan fingerprint density at radius 1 is 1.55 bits per heavy atom. The van der Waals surface area contributed by atoms with Gasteiger partial charge in [-0.15, -0.1) is 0 Å². The Kier molecular flexibility index (Phi) is 3.35. The zero-order valence-electron chi connectivity index (χ0n) is 11.4. The second-order valence-electron chi connectivity index (χ2n) is 5.58. The van der Waals surface area contributed by atoms with Crippen molar-refractivity contribution in [3.8, 4) is 0 Å². The topological polar surface area (TPSA) is 86.3 Å². The molecule has 3 rings (SSSR count). The minimum absolute atomic E-state index is 0.0224. The number of hydrogen-bond acceptors (Lipinski definition) is 4. The maximum Gasteiger partial charge on any atom is 0.251 e. The lowest BCUT2D eigenvalue weighted by Gasteiger charge is -2.52. The molecule has 1 saturated carbocycles. The molecule has 4 atom stereocenters. The largest absolute Gasteiger partial charge is 0.376 e. The number of fused-ring (bicyclic) bond motifs is 1. The molecule has 108 valence electrons. The summed E-state index contributed by atoms with van der Waals surface area (Å²) >= 11 is 0. The molecule has 1 aliphatic carbocycles. The van der Waals surface area contributed by atoms with Crippen LogP contribution in [0.4, 0.5) is 0 Å². The molecular formula is C14H19N3O3. The van der Waals surface area contributed by atoms with Crippen LogP contribution in [0.25, 0.3) is 0 Å². The van der Waals surface area contributed by atoms with E-state index in [0.29, 0.717) is 11.5 Å². The Morgan fingerprint density at radius 2 is 2.35 bits per heavy atom. The second kappa shape index (κ2) is 5.03. The van der Waals surface area contributed by atoms with Crippen LogP contribution in [0.2, 0.25) is 0 Å². The van der Waals surface area contributed by atoms with Gasteiger partial charge in [0.25, 0.3) is 11.5 Å². The summed E-state index contributed by atoms with van der Waals surface area (Å²) in [7, 11) is 1.65. The van der Waals surface area contributed by atoms with Gasteiger partial charge in [0.15, 0.2) is 0 Å². The van der Waals surface area contributed by atoms with Gasteiger partial charge in [0.1, 0.15) is 0 Å². The molecule has 0 radical (unpaired) electrons. The smallest absolute Gasteiger partial charge is 0.251 e. The molecule has 20 heavy (non-hydrogen) atoms. The summed E-state index contributed by atoms with van der Waals surface area (Å²) < 4.78 is 7.10. The van der Waals surface area contributed by atoms with Gasteiger partial charge in [-0.3, -0.25) is 9.59 Å². The van der Waals surface area contributed by atoms with Crippen molar-refractivity contribution < 1.29 is 9.53 Å². The first-order valence-corrected chi connectivity index (χ1v) is 6.92. The first-order valence-electron chi connectivity index (χ1n) is 6.92. The summed E-state index contributed by atoms with van der Waals surface area (Å²) in [6.07, 6.45) is 3.70. The lowest BCUT2D eigenvalue weighted by Crippen LogP contribution is -2.72. The van der Waals surface area contributed by atoms with E-state index in [9.17, 15) is 9.59 Å². The number of ether oxygens (including phenoxy) is 1. The maximum absolute atomic E-state index is 12.2. The Hall–Kier alpha value is -1.66.